The normalized spacial score (nSPS) is 14.5. The Bertz CT molecular complexity index is 1990. The van der Waals surface area contributed by atoms with Crippen molar-refractivity contribution in [2.45, 2.75) is 31.5 Å². The summed E-state index contributed by atoms with van der Waals surface area (Å²) in [6.45, 7) is 4.32. The van der Waals surface area contributed by atoms with E-state index in [9.17, 15) is 18.0 Å². The first kappa shape index (κ1) is 30.6. The van der Waals surface area contributed by atoms with E-state index in [1.54, 1.807) is 35.2 Å². The molecule has 0 saturated carbocycles. The molecule has 8 nitrogen and oxygen atoms in total. The van der Waals surface area contributed by atoms with Gasteiger partial charge in [-0.1, -0.05) is 77.9 Å². The summed E-state index contributed by atoms with van der Waals surface area (Å²) < 4.78 is 34.6. The lowest BCUT2D eigenvalue weighted by Crippen LogP contribution is -2.49. The Morgan fingerprint density at radius 3 is 2.07 bits per heavy atom. The van der Waals surface area contributed by atoms with Crippen molar-refractivity contribution in [1.82, 2.24) is 0 Å². The van der Waals surface area contributed by atoms with Crippen molar-refractivity contribution >= 4 is 39.0 Å². The van der Waals surface area contributed by atoms with E-state index < -0.39 is 22.2 Å². The fourth-order valence-corrected chi connectivity index (χ4v) is 6.69. The number of amides is 1. The number of fused-ring (bicyclic) bond motifs is 1. The maximum absolute atomic E-state index is 14.6. The van der Waals surface area contributed by atoms with Gasteiger partial charge in [-0.3, -0.25) is 14.4 Å². The molecule has 0 aromatic heterocycles. The minimum absolute atomic E-state index is 0.0235. The molecule has 1 amide bonds. The van der Waals surface area contributed by atoms with E-state index in [0.29, 0.717) is 29.2 Å². The molecule has 1 heterocycles. The molecule has 1 aliphatic heterocycles. The van der Waals surface area contributed by atoms with E-state index in [1.807, 2.05) is 92.7 Å². The number of benzene rings is 5. The largest absolute Gasteiger partial charge is 0.465 e. The number of rotatable bonds is 8. The minimum atomic E-state index is -4.01. The van der Waals surface area contributed by atoms with Crippen LogP contribution in [0.5, 0.6) is 0 Å². The van der Waals surface area contributed by atoms with Gasteiger partial charge in [-0.05, 0) is 79.6 Å². The summed E-state index contributed by atoms with van der Waals surface area (Å²) in [7, 11) is -2.68. The smallest absolute Gasteiger partial charge is 0.337 e. The van der Waals surface area contributed by atoms with Crippen LogP contribution in [0.3, 0.4) is 0 Å². The number of hydrogen-bond donors (Lipinski definition) is 1. The van der Waals surface area contributed by atoms with Crippen LogP contribution in [0.1, 0.15) is 49.1 Å². The molecule has 46 heavy (non-hydrogen) atoms. The van der Waals surface area contributed by atoms with Gasteiger partial charge in [0.25, 0.3) is 15.9 Å². The summed E-state index contributed by atoms with van der Waals surface area (Å²) in [4.78, 5) is 30.6. The number of esters is 1. The van der Waals surface area contributed by atoms with Gasteiger partial charge in [0.1, 0.15) is 6.17 Å². The number of anilines is 3. The van der Waals surface area contributed by atoms with Crippen LogP contribution in [0.2, 0.25) is 0 Å². The number of nitrogens with one attached hydrogen (secondary N) is 1. The fraction of sp³-hybridized carbons (Fsp3) is 0.135. The van der Waals surface area contributed by atoms with Crippen LogP contribution in [-0.2, 0) is 21.3 Å². The summed E-state index contributed by atoms with van der Waals surface area (Å²) in [6.07, 6.45) is -0.622. The number of carbonyl (C=O) groups excluding carboxylic acids is 2. The maximum Gasteiger partial charge on any atom is 0.337 e. The number of carbonyl (C=O) groups is 2. The van der Waals surface area contributed by atoms with Crippen molar-refractivity contribution < 1.29 is 22.7 Å². The molecule has 0 bridgehead atoms. The number of aryl methyl sites for hydroxylation is 2. The molecule has 1 atom stereocenters. The Morgan fingerprint density at radius 1 is 0.804 bits per heavy atom. The summed E-state index contributed by atoms with van der Waals surface area (Å²) in [5, 5.41) is 0. The monoisotopic (exact) mass is 631 g/mol. The van der Waals surface area contributed by atoms with Gasteiger partial charge in [-0.15, -0.1) is 0 Å². The van der Waals surface area contributed by atoms with E-state index >= 15 is 0 Å². The van der Waals surface area contributed by atoms with Gasteiger partial charge < -0.3 is 9.64 Å². The SMILES string of the molecule is COC(=O)c1ccc([C@H]2N(Cc3ccccc3)c3ccc(S(=O)(=O)Nc4ccc(C)cc4)cc3C(=O)N2c2ccc(C)cc2)cc1. The highest BCUT2D eigenvalue weighted by molar-refractivity contribution is 7.92. The van der Waals surface area contributed by atoms with Gasteiger partial charge >= 0.3 is 5.97 Å². The van der Waals surface area contributed by atoms with Crippen molar-refractivity contribution in [2.75, 3.05) is 21.6 Å². The van der Waals surface area contributed by atoms with Crippen LogP contribution in [0.15, 0.2) is 126 Å². The first-order valence-corrected chi connectivity index (χ1v) is 16.3. The lowest BCUT2D eigenvalue weighted by Gasteiger charge is -2.46. The average molecular weight is 632 g/mol. The minimum Gasteiger partial charge on any atom is -0.465 e. The Kier molecular flexibility index (Phi) is 8.34. The van der Waals surface area contributed by atoms with E-state index in [-0.39, 0.29) is 16.4 Å². The molecule has 1 N–H and O–H groups in total. The van der Waals surface area contributed by atoms with E-state index in [0.717, 1.165) is 22.3 Å². The summed E-state index contributed by atoms with van der Waals surface area (Å²) in [5.41, 5.74) is 6.11. The maximum atomic E-state index is 14.6. The number of hydrogen-bond acceptors (Lipinski definition) is 6. The Labute approximate surface area is 268 Å². The van der Waals surface area contributed by atoms with Crippen molar-refractivity contribution in [3.8, 4) is 0 Å². The fourth-order valence-electron chi connectivity index (χ4n) is 5.61. The zero-order valence-corrected chi connectivity index (χ0v) is 26.5. The summed E-state index contributed by atoms with van der Waals surface area (Å²) >= 11 is 0. The van der Waals surface area contributed by atoms with Crippen LogP contribution >= 0.6 is 0 Å². The number of nitrogens with zero attached hydrogens (tertiary/aromatic N) is 2. The quantitative estimate of drug-likeness (QED) is 0.181. The van der Waals surface area contributed by atoms with Crippen molar-refractivity contribution in [2.24, 2.45) is 0 Å². The van der Waals surface area contributed by atoms with E-state index in [2.05, 4.69) is 9.62 Å². The van der Waals surface area contributed by atoms with Crippen LogP contribution in [0, 0.1) is 13.8 Å². The van der Waals surface area contributed by atoms with Gasteiger partial charge in [-0.25, -0.2) is 13.2 Å². The van der Waals surface area contributed by atoms with Crippen molar-refractivity contribution in [1.29, 1.82) is 0 Å². The molecular formula is C37H33N3O5S. The number of sulfonamides is 1. The van der Waals surface area contributed by atoms with Gasteiger partial charge in [0.2, 0.25) is 0 Å². The van der Waals surface area contributed by atoms with Crippen molar-refractivity contribution in [3.05, 3.63) is 155 Å². The van der Waals surface area contributed by atoms with Gasteiger partial charge in [0, 0.05) is 17.9 Å². The highest BCUT2D eigenvalue weighted by Crippen LogP contribution is 2.43. The molecule has 9 heteroatoms. The van der Waals surface area contributed by atoms with Crippen LogP contribution in [0.25, 0.3) is 0 Å². The van der Waals surface area contributed by atoms with Gasteiger partial charge in [-0.2, -0.15) is 0 Å². The summed E-state index contributed by atoms with van der Waals surface area (Å²) in [5.74, 6) is -0.807. The number of ether oxygens (including phenoxy) is 1. The lowest BCUT2D eigenvalue weighted by molar-refractivity contribution is 0.0600. The molecular weight excluding hydrogens is 598 g/mol. The molecule has 5 aromatic rings. The third-order valence-corrected chi connectivity index (χ3v) is 9.40. The zero-order chi connectivity index (χ0) is 32.4. The van der Waals surface area contributed by atoms with Crippen LogP contribution in [-0.4, -0.2) is 27.4 Å². The van der Waals surface area contributed by atoms with Crippen LogP contribution in [0.4, 0.5) is 17.1 Å². The highest BCUT2D eigenvalue weighted by atomic mass is 32.2. The molecule has 0 fully saturated rings. The van der Waals surface area contributed by atoms with Gasteiger partial charge in [0.05, 0.1) is 28.8 Å². The Balaban J connectivity index is 1.51. The topological polar surface area (TPSA) is 96.0 Å². The molecule has 1 aliphatic rings. The molecule has 0 saturated heterocycles. The number of methoxy groups -OCH3 is 1. The second kappa shape index (κ2) is 12.5. The highest BCUT2D eigenvalue weighted by Gasteiger charge is 2.40. The average Bonchev–Trinajstić information content (AvgIpc) is 3.07. The molecule has 0 spiro atoms. The lowest BCUT2D eigenvalue weighted by atomic mass is 9.98. The standard InChI is InChI=1S/C37H33N3O5S/c1-25-9-17-30(18-10-25)38-46(43,44)32-21-22-34-33(23-32)36(41)40(31-19-11-26(2)12-20-31)35(39(34)24-27-7-5-4-6-8-27)28-13-15-29(16-14-28)37(42)45-3/h4-23,35,38H,24H2,1-3H3/t35-/m0/s1. The van der Waals surface area contributed by atoms with Crippen LogP contribution < -0.4 is 14.5 Å². The van der Waals surface area contributed by atoms with E-state index in [1.165, 1.54) is 19.2 Å². The third kappa shape index (κ3) is 6.09. The molecule has 5 aromatic carbocycles. The predicted octanol–water partition coefficient (Wildman–Crippen LogP) is 7.26. The second-order valence-corrected chi connectivity index (χ2v) is 12.9. The third-order valence-electron chi connectivity index (χ3n) is 8.02. The van der Waals surface area contributed by atoms with E-state index in [4.69, 9.17) is 4.74 Å². The molecule has 0 unspecified atom stereocenters. The summed E-state index contributed by atoms with van der Waals surface area (Å²) in [6, 6.07) is 36.2. The first-order chi connectivity index (χ1) is 22.1. The van der Waals surface area contributed by atoms with Gasteiger partial charge in [0.15, 0.2) is 0 Å². The molecule has 0 aliphatic carbocycles. The second-order valence-electron chi connectivity index (χ2n) is 11.3. The Hall–Kier alpha value is -5.41. The molecule has 0 radical (unpaired) electrons. The molecule has 6 rings (SSSR count). The predicted molar refractivity (Wildman–Crippen MR) is 180 cm³/mol. The first-order valence-electron chi connectivity index (χ1n) is 14.8. The Morgan fingerprint density at radius 2 is 1.43 bits per heavy atom. The van der Waals surface area contributed by atoms with Crippen molar-refractivity contribution in [3.63, 3.8) is 0 Å². The zero-order valence-electron chi connectivity index (χ0n) is 25.7. The molecule has 232 valence electrons.